The maximum absolute atomic E-state index is 13.9. The van der Waals surface area contributed by atoms with Gasteiger partial charge in [-0.2, -0.15) is 5.10 Å². The maximum atomic E-state index is 13.9. The number of rotatable bonds is 3. The predicted octanol–water partition coefficient (Wildman–Crippen LogP) is 2.39. The lowest BCUT2D eigenvalue weighted by Gasteiger charge is -2.12. The summed E-state index contributed by atoms with van der Waals surface area (Å²) in [5.41, 5.74) is 4.39. The van der Waals surface area contributed by atoms with E-state index in [2.05, 4.69) is 15.8 Å². The van der Waals surface area contributed by atoms with Crippen LogP contribution in [0, 0.1) is 5.82 Å². The van der Waals surface area contributed by atoms with E-state index in [4.69, 9.17) is 17.0 Å². The van der Waals surface area contributed by atoms with Crippen LogP contribution in [0.3, 0.4) is 0 Å². The van der Waals surface area contributed by atoms with Crippen LogP contribution < -0.4 is 10.7 Å². The fourth-order valence-electron chi connectivity index (χ4n) is 3.13. The van der Waals surface area contributed by atoms with Crippen molar-refractivity contribution in [3.8, 4) is 5.75 Å². The molecule has 23 heavy (non-hydrogen) atoms. The molecule has 0 aromatic heterocycles. The second-order valence-electron chi connectivity index (χ2n) is 5.98. The van der Waals surface area contributed by atoms with Crippen LogP contribution in [0.15, 0.2) is 17.2 Å². The molecule has 0 spiro atoms. The Balaban J connectivity index is 1.65. The van der Waals surface area contributed by atoms with Crippen LogP contribution in [-0.4, -0.2) is 35.2 Å². The molecule has 2 atom stereocenters. The first-order chi connectivity index (χ1) is 11.1. The summed E-state index contributed by atoms with van der Waals surface area (Å²) in [5, 5.41) is 17.7. The highest BCUT2D eigenvalue weighted by Gasteiger charge is 2.30. The number of hydrogen-bond acceptors (Lipinski definition) is 4. The minimum absolute atomic E-state index is 0.0222. The van der Waals surface area contributed by atoms with Crippen molar-refractivity contribution in [1.82, 2.24) is 10.7 Å². The summed E-state index contributed by atoms with van der Waals surface area (Å²) in [4.78, 5) is 0. The highest BCUT2D eigenvalue weighted by Crippen LogP contribution is 2.39. The highest BCUT2D eigenvalue weighted by molar-refractivity contribution is 7.80. The Morgan fingerprint density at radius 3 is 3.09 bits per heavy atom. The molecule has 1 heterocycles. The molecule has 1 saturated heterocycles. The number of phenolic OH excluding ortho intramolecular Hbond substituents is 1. The maximum Gasteiger partial charge on any atom is 0.187 e. The fraction of sp³-hybridized carbons (Fsp3) is 0.500. The summed E-state index contributed by atoms with van der Waals surface area (Å²) in [5.74, 6) is -0.287. The van der Waals surface area contributed by atoms with Crippen LogP contribution in [-0.2, 0) is 4.74 Å². The highest BCUT2D eigenvalue weighted by atomic mass is 32.1. The van der Waals surface area contributed by atoms with Crippen molar-refractivity contribution in [1.29, 1.82) is 0 Å². The third kappa shape index (κ3) is 3.45. The lowest BCUT2D eigenvalue weighted by molar-refractivity contribution is 0.114. The summed E-state index contributed by atoms with van der Waals surface area (Å²) in [6, 6.07) is 2.64. The smallest absolute Gasteiger partial charge is 0.187 e. The third-order valence-electron chi connectivity index (χ3n) is 4.26. The molecule has 7 heteroatoms. The van der Waals surface area contributed by atoms with Crippen LogP contribution >= 0.6 is 12.2 Å². The van der Waals surface area contributed by atoms with E-state index in [1.165, 1.54) is 12.1 Å². The van der Waals surface area contributed by atoms with Gasteiger partial charge < -0.3 is 15.2 Å². The average molecular weight is 337 g/mol. The lowest BCUT2D eigenvalue weighted by Crippen LogP contribution is -2.37. The number of nitrogens with one attached hydrogen (secondary N) is 2. The minimum Gasteiger partial charge on any atom is -0.507 e. The Labute approximate surface area is 139 Å². The molecule has 1 aromatic carbocycles. The second-order valence-corrected chi connectivity index (χ2v) is 6.38. The van der Waals surface area contributed by atoms with Crippen molar-refractivity contribution in [3.05, 3.63) is 29.1 Å². The first-order valence-electron chi connectivity index (χ1n) is 7.80. The van der Waals surface area contributed by atoms with Gasteiger partial charge in [-0.3, -0.25) is 5.43 Å². The van der Waals surface area contributed by atoms with Crippen molar-refractivity contribution >= 4 is 23.0 Å². The Hall–Kier alpha value is -1.73. The molecular weight excluding hydrogens is 317 g/mol. The van der Waals surface area contributed by atoms with Gasteiger partial charge >= 0.3 is 0 Å². The molecule has 1 aliphatic heterocycles. The monoisotopic (exact) mass is 337 g/mol. The van der Waals surface area contributed by atoms with E-state index in [0.29, 0.717) is 34.9 Å². The number of aromatic hydroxyl groups is 1. The summed E-state index contributed by atoms with van der Waals surface area (Å²) in [6.45, 7) is 3.36. The normalized spacial score (nSPS) is 24.7. The number of benzene rings is 1. The molecular formula is C16H20FN3O2S. The second kappa shape index (κ2) is 6.80. The van der Waals surface area contributed by atoms with E-state index in [1.807, 2.05) is 6.92 Å². The van der Waals surface area contributed by atoms with Crippen molar-refractivity contribution in [3.63, 3.8) is 0 Å². The number of hydrogen-bond donors (Lipinski definition) is 3. The third-order valence-corrected chi connectivity index (χ3v) is 4.49. The van der Waals surface area contributed by atoms with Crippen LogP contribution in [0.4, 0.5) is 4.39 Å². The molecule has 5 nitrogen and oxygen atoms in total. The van der Waals surface area contributed by atoms with Crippen molar-refractivity contribution in [2.45, 2.75) is 38.2 Å². The minimum atomic E-state index is -0.311. The van der Waals surface area contributed by atoms with Crippen molar-refractivity contribution in [2.24, 2.45) is 5.10 Å². The fourth-order valence-corrected chi connectivity index (χ4v) is 3.26. The van der Waals surface area contributed by atoms with E-state index >= 15 is 0 Å². The van der Waals surface area contributed by atoms with Gasteiger partial charge in [0.05, 0.1) is 11.8 Å². The van der Waals surface area contributed by atoms with Gasteiger partial charge in [-0.15, -0.1) is 0 Å². The molecule has 0 unspecified atom stereocenters. The van der Waals surface area contributed by atoms with Gasteiger partial charge in [0.25, 0.3) is 0 Å². The standard InChI is InChI=1S/C16H20FN3O2S/c1-9-7-12(15-13(21)5-4-11(17)14(9)15)19-20-16(23)18-8-10-3-2-6-22-10/h4-5,9-10,21H,2-3,6-8H2,1H3,(H2,18,20,23)/b19-12+/t9-,10+/m0/s1. The van der Waals surface area contributed by atoms with Gasteiger partial charge in [0.15, 0.2) is 5.11 Å². The molecule has 3 N–H and O–H groups in total. The molecule has 0 bridgehead atoms. The quantitative estimate of drug-likeness (QED) is 0.584. The zero-order chi connectivity index (χ0) is 16.4. The molecule has 1 aliphatic carbocycles. The summed E-state index contributed by atoms with van der Waals surface area (Å²) in [6.07, 6.45) is 2.86. The number of hydrazone groups is 1. The van der Waals surface area contributed by atoms with E-state index in [1.54, 1.807) is 0 Å². The van der Waals surface area contributed by atoms with E-state index in [9.17, 15) is 9.50 Å². The zero-order valence-electron chi connectivity index (χ0n) is 12.9. The van der Waals surface area contributed by atoms with E-state index in [-0.39, 0.29) is 23.6 Å². The summed E-state index contributed by atoms with van der Waals surface area (Å²) >= 11 is 5.19. The Bertz CT molecular complexity index is 644. The molecule has 1 aromatic rings. The number of halogens is 1. The SMILES string of the molecule is C[C@H]1C/C(=N\NC(=S)NC[C@H]2CCCO2)c2c(O)ccc(F)c21. The van der Waals surface area contributed by atoms with Crippen LogP contribution in [0.5, 0.6) is 5.75 Å². The van der Waals surface area contributed by atoms with Gasteiger partial charge in [0, 0.05) is 24.3 Å². The van der Waals surface area contributed by atoms with Gasteiger partial charge in [-0.1, -0.05) is 6.92 Å². The van der Waals surface area contributed by atoms with Gasteiger partial charge in [-0.25, -0.2) is 4.39 Å². The van der Waals surface area contributed by atoms with Crippen LogP contribution in [0.25, 0.3) is 0 Å². The molecule has 0 saturated carbocycles. The number of thiocarbonyl (C=S) groups is 1. The number of phenols is 1. The zero-order valence-corrected chi connectivity index (χ0v) is 13.8. The Morgan fingerprint density at radius 2 is 2.35 bits per heavy atom. The first kappa shape index (κ1) is 16.1. The Kier molecular flexibility index (Phi) is 4.77. The largest absolute Gasteiger partial charge is 0.507 e. The van der Waals surface area contributed by atoms with Crippen molar-refractivity contribution < 1.29 is 14.2 Å². The molecule has 2 aliphatic rings. The molecule has 0 radical (unpaired) electrons. The first-order valence-corrected chi connectivity index (χ1v) is 8.21. The van der Waals surface area contributed by atoms with E-state index in [0.717, 1.165) is 19.4 Å². The summed E-state index contributed by atoms with van der Waals surface area (Å²) in [7, 11) is 0. The Morgan fingerprint density at radius 1 is 1.52 bits per heavy atom. The van der Waals surface area contributed by atoms with E-state index < -0.39 is 0 Å². The predicted molar refractivity (Wildman–Crippen MR) is 90.3 cm³/mol. The average Bonchev–Trinajstić information content (AvgIpc) is 3.15. The number of fused-ring (bicyclic) bond motifs is 1. The summed E-state index contributed by atoms with van der Waals surface area (Å²) < 4.78 is 19.5. The topological polar surface area (TPSA) is 65.9 Å². The molecule has 1 fully saturated rings. The number of ether oxygens (including phenoxy) is 1. The van der Waals surface area contributed by atoms with Gasteiger partial charge in [0.1, 0.15) is 11.6 Å². The van der Waals surface area contributed by atoms with Crippen LogP contribution in [0.1, 0.15) is 43.2 Å². The number of nitrogens with zero attached hydrogens (tertiary/aromatic N) is 1. The lowest BCUT2D eigenvalue weighted by atomic mass is 10.0. The van der Waals surface area contributed by atoms with Gasteiger partial charge in [-0.05, 0) is 49.5 Å². The van der Waals surface area contributed by atoms with Gasteiger partial charge in [0.2, 0.25) is 0 Å². The van der Waals surface area contributed by atoms with Crippen molar-refractivity contribution in [2.75, 3.05) is 13.2 Å². The molecule has 124 valence electrons. The van der Waals surface area contributed by atoms with Crippen LogP contribution in [0.2, 0.25) is 0 Å². The molecule has 3 rings (SSSR count). The molecule has 0 amide bonds.